The highest BCUT2D eigenvalue weighted by molar-refractivity contribution is 8.02. The van der Waals surface area contributed by atoms with E-state index in [1.54, 1.807) is 24.2 Å². The standard InChI is InChI=1S/C20H19N3OS2/c1-14-6-5-8-16(12-14)26-20-19(21-10-11-22-20)25-13-18(24)23-17-9-4-3-7-15(17)2/h3-12H,13H2,1-2H3,(H,23,24). The summed E-state index contributed by atoms with van der Waals surface area (Å²) < 4.78 is 0. The quantitative estimate of drug-likeness (QED) is 0.611. The number of aryl methyl sites for hydroxylation is 2. The van der Waals surface area contributed by atoms with Crippen molar-refractivity contribution < 1.29 is 4.79 Å². The van der Waals surface area contributed by atoms with Gasteiger partial charge in [0.05, 0.1) is 5.75 Å². The summed E-state index contributed by atoms with van der Waals surface area (Å²) >= 11 is 2.96. The van der Waals surface area contributed by atoms with Crippen LogP contribution in [0.25, 0.3) is 0 Å². The molecule has 3 aromatic rings. The Bertz CT molecular complexity index is 915. The lowest BCUT2D eigenvalue weighted by molar-refractivity contribution is -0.113. The highest BCUT2D eigenvalue weighted by atomic mass is 32.2. The van der Waals surface area contributed by atoms with Crippen molar-refractivity contribution in [1.82, 2.24) is 9.97 Å². The van der Waals surface area contributed by atoms with Crippen LogP contribution >= 0.6 is 23.5 Å². The van der Waals surface area contributed by atoms with Crippen molar-refractivity contribution in [3.05, 3.63) is 72.1 Å². The van der Waals surface area contributed by atoms with Gasteiger partial charge in [-0.15, -0.1) is 0 Å². The van der Waals surface area contributed by atoms with E-state index in [0.717, 1.165) is 26.2 Å². The van der Waals surface area contributed by atoms with E-state index in [2.05, 4.69) is 34.3 Å². The van der Waals surface area contributed by atoms with Crippen molar-refractivity contribution in [2.45, 2.75) is 28.8 Å². The third-order valence-corrected chi connectivity index (χ3v) is 5.69. The van der Waals surface area contributed by atoms with Gasteiger partial charge in [-0.2, -0.15) is 0 Å². The Kier molecular flexibility index (Phi) is 6.30. The normalized spacial score (nSPS) is 10.5. The lowest BCUT2D eigenvalue weighted by atomic mass is 10.2. The maximum Gasteiger partial charge on any atom is 0.234 e. The molecule has 0 saturated heterocycles. The zero-order valence-corrected chi connectivity index (χ0v) is 16.2. The Hall–Kier alpha value is -2.31. The zero-order valence-electron chi connectivity index (χ0n) is 14.6. The summed E-state index contributed by atoms with van der Waals surface area (Å²) in [6, 6.07) is 16.0. The summed E-state index contributed by atoms with van der Waals surface area (Å²) in [5, 5.41) is 4.52. The zero-order chi connectivity index (χ0) is 18.4. The molecule has 0 unspecified atom stereocenters. The molecule has 0 atom stereocenters. The molecular weight excluding hydrogens is 362 g/mol. The maximum absolute atomic E-state index is 12.3. The molecule has 3 rings (SSSR count). The minimum absolute atomic E-state index is 0.0542. The molecule has 1 heterocycles. The lowest BCUT2D eigenvalue weighted by Crippen LogP contribution is -2.15. The van der Waals surface area contributed by atoms with Gasteiger partial charge in [-0.1, -0.05) is 59.4 Å². The lowest BCUT2D eigenvalue weighted by Gasteiger charge is -2.09. The second kappa shape index (κ2) is 8.87. The van der Waals surface area contributed by atoms with Gasteiger partial charge in [0.25, 0.3) is 0 Å². The van der Waals surface area contributed by atoms with Crippen LogP contribution in [0, 0.1) is 13.8 Å². The maximum atomic E-state index is 12.3. The Morgan fingerprint density at radius 3 is 2.54 bits per heavy atom. The van der Waals surface area contributed by atoms with Crippen LogP contribution in [0.5, 0.6) is 0 Å². The average Bonchev–Trinajstić information content (AvgIpc) is 2.63. The van der Waals surface area contributed by atoms with E-state index in [4.69, 9.17) is 0 Å². The molecule has 6 heteroatoms. The molecule has 0 fully saturated rings. The van der Waals surface area contributed by atoms with Crippen molar-refractivity contribution in [2.24, 2.45) is 0 Å². The third-order valence-electron chi connectivity index (χ3n) is 3.60. The topological polar surface area (TPSA) is 54.9 Å². The number of nitrogens with zero attached hydrogens (tertiary/aromatic N) is 2. The van der Waals surface area contributed by atoms with Crippen LogP contribution in [0.4, 0.5) is 5.69 Å². The fourth-order valence-electron chi connectivity index (χ4n) is 2.31. The molecule has 0 radical (unpaired) electrons. The van der Waals surface area contributed by atoms with Gasteiger partial charge in [0.1, 0.15) is 10.1 Å². The smallest absolute Gasteiger partial charge is 0.234 e. The van der Waals surface area contributed by atoms with E-state index in [9.17, 15) is 4.79 Å². The highest BCUT2D eigenvalue weighted by Crippen LogP contribution is 2.32. The van der Waals surface area contributed by atoms with Gasteiger partial charge in [-0.3, -0.25) is 4.79 Å². The van der Waals surface area contributed by atoms with E-state index < -0.39 is 0 Å². The molecule has 0 aliphatic heterocycles. The first-order chi connectivity index (χ1) is 12.6. The Morgan fingerprint density at radius 2 is 1.77 bits per heavy atom. The number of aromatic nitrogens is 2. The molecular formula is C20H19N3OS2. The molecule has 2 aromatic carbocycles. The van der Waals surface area contributed by atoms with Gasteiger partial charge in [0.2, 0.25) is 5.91 Å². The van der Waals surface area contributed by atoms with E-state index in [-0.39, 0.29) is 11.7 Å². The summed E-state index contributed by atoms with van der Waals surface area (Å²) in [5.74, 6) is 0.232. The monoisotopic (exact) mass is 381 g/mol. The van der Waals surface area contributed by atoms with Crippen LogP contribution in [0.15, 0.2) is 75.9 Å². The van der Waals surface area contributed by atoms with Gasteiger partial charge in [0, 0.05) is 23.0 Å². The number of nitrogens with one attached hydrogen (secondary N) is 1. The summed E-state index contributed by atoms with van der Waals surface area (Å²) in [7, 11) is 0. The number of amides is 1. The van der Waals surface area contributed by atoms with Gasteiger partial charge in [-0.25, -0.2) is 9.97 Å². The van der Waals surface area contributed by atoms with Gasteiger partial charge >= 0.3 is 0 Å². The second-order valence-electron chi connectivity index (χ2n) is 5.74. The Labute approximate surface area is 161 Å². The fourth-order valence-corrected chi connectivity index (χ4v) is 4.13. The SMILES string of the molecule is Cc1cccc(Sc2nccnc2SCC(=O)Nc2ccccc2C)c1. The molecule has 26 heavy (non-hydrogen) atoms. The van der Waals surface area contributed by atoms with Crippen LogP contribution < -0.4 is 5.32 Å². The van der Waals surface area contributed by atoms with Crippen molar-refractivity contribution in [1.29, 1.82) is 0 Å². The number of hydrogen-bond acceptors (Lipinski definition) is 5. The number of para-hydroxylation sites is 1. The van der Waals surface area contributed by atoms with Crippen molar-refractivity contribution in [3.8, 4) is 0 Å². The first kappa shape index (κ1) is 18.5. The number of benzene rings is 2. The highest BCUT2D eigenvalue weighted by Gasteiger charge is 2.11. The third kappa shape index (κ3) is 5.09. The Morgan fingerprint density at radius 1 is 1.00 bits per heavy atom. The fraction of sp³-hybridized carbons (Fsp3) is 0.150. The molecule has 1 amide bonds. The number of hydrogen-bond donors (Lipinski definition) is 1. The number of thioether (sulfide) groups is 1. The molecule has 4 nitrogen and oxygen atoms in total. The van der Waals surface area contributed by atoms with Crippen LogP contribution in [0.1, 0.15) is 11.1 Å². The van der Waals surface area contributed by atoms with E-state index in [1.807, 2.05) is 43.3 Å². The number of carbonyl (C=O) groups excluding carboxylic acids is 1. The van der Waals surface area contributed by atoms with Crippen molar-refractivity contribution in [3.63, 3.8) is 0 Å². The number of anilines is 1. The van der Waals surface area contributed by atoms with Crippen LogP contribution in [-0.4, -0.2) is 21.6 Å². The molecule has 0 spiro atoms. The molecule has 0 aliphatic rings. The molecule has 1 N–H and O–H groups in total. The van der Waals surface area contributed by atoms with Gasteiger partial charge in [-0.05, 0) is 37.6 Å². The van der Waals surface area contributed by atoms with E-state index in [0.29, 0.717) is 0 Å². The largest absolute Gasteiger partial charge is 0.325 e. The van der Waals surface area contributed by atoms with E-state index in [1.165, 1.54) is 17.3 Å². The average molecular weight is 382 g/mol. The predicted molar refractivity (Wildman–Crippen MR) is 108 cm³/mol. The number of rotatable bonds is 6. The number of carbonyl (C=O) groups is 1. The summed E-state index contributed by atoms with van der Waals surface area (Å²) in [4.78, 5) is 22.2. The molecule has 0 aliphatic carbocycles. The summed E-state index contributed by atoms with van der Waals surface area (Å²) in [6.45, 7) is 4.04. The van der Waals surface area contributed by atoms with Gasteiger partial charge < -0.3 is 5.32 Å². The summed E-state index contributed by atoms with van der Waals surface area (Å²) in [5.41, 5.74) is 3.08. The Balaban J connectivity index is 1.65. The van der Waals surface area contributed by atoms with Crippen molar-refractivity contribution >= 4 is 35.1 Å². The molecule has 0 bridgehead atoms. The van der Waals surface area contributed by atoms with Crippen LogP contribution in [0.2, 0.25) is 0 Å². The van der Waals surface area contributed by atoms with Crippen molar-refractivity contribution in [2.75, 3.05) is 11.1 Å². The predicted octanol–water partition coefficient (Wildman–Crippen LogP) is 4.98. The summed E-state index contributed by atoms with van der Waals surface area (Å²) in [6.07, 6.45) is 3.33. The minimum Gasteiger partial charge on any atom is -0.325 e. The second-order valence-corrected chi connectivity index (χ2v) is 7.76. The molecule has 1 aromatic heterocycles. The first-order valence-electron chi connectivity index (χ1n) is 8.15. The first-order valence-corrected chi connectivity index (χ1v) is 9.96. The molecule has 132 valence electrons. The van der Waals surface area contributed by atoms with Gasteiger partial charge in [0.15, 0.2) is 0 Å². The van der Waals surface area contributed by atoms with Crippen LogP contribution in [0.3, 0.4) is 0 Å². The molecule has 0 saturated carbocycles. The minimum atomic E-state index is -0.0542. The van der Waals surface area contributed by atoms with Crippen LogP contribution in [-0.2, 0) is 4.79 Å². The van der Waals surface area contributed by atoms with E-state index >= 15 is 0 Å².